The van der Waals surface area contributed by atoms with E-state index in [1.54, 1.807) is 6.92 Å². The SMILES string of the molecule is C[C](=O)[Hg][CH2]C1Cc2ccccc2O1. The van der Waals surface area contributed by atoms with Gasteiger partial charge in [-0.1, -0.05) is 0 Å². The summed E-state index contributed by atoms with van der Waals surface area (Å²) >= 11 is -1.27. The number of fused-ring (bicyclic) bond motifs is 1. The van der Waals surface area contributed by atoms with Gasteiger partial charge in [0.05, 0.1) is 0 Å². The van der Waals surface area contributed by atoms with Crippen LogP contribution in [0.3, 0.4) is 0 Å². The minimum absolute atomic E-state index is 0.304. The van der Waals surface area contributed by atoms with Crippen LogP contribution in [0.1, 0.15) is 12.5 Å². The Morgan fingerprint density at radius 3 is 3.07 bits per heavy atom. The monoisotopic (exact) mass is 378 g/mol. The summed E-state index contributed by atoms with van der Waals surface area (Å²) < 4.78 is 7.28. The molecule has 1 unspecified atom stereocenters. The van der Waals surface area contributed by atoms with Crippen LogP contribution in [0.2, 0.25) is 3.93 Å². The van der Waals surface area contributed by atoms with Crippen LogP contribution < -0.4 is 4.74 Å². The zero-order valence-corrected chi connectivity index (χ0v) is 13.8. The molecule has 1 aliphatic heterocycles. The van der Waals surface area contributed by atoms with Gasteiger partial charge in [-0.15, -0.1) is 0 Å². The first-order valence-corrected chi connectivity index (χ1v) is 11.6. The number of para-hydroxylation sites is 1. The van der Waals surface area contributed by atoms with Crippen molar-refractivity contribution >= 4 is 3.29 Å². The van der Waals surface area contributed by atoms with E-state index in [0.29, 0.717) is 9.40 Å². The summed E-state index contributed by atoms with van der Waals surface area (Å²) in [4.78, 5) is 10.9. The number of carbonyl (C=O) groups excluding carboxylic acids is 1. The van der Waals surface area contributed by atoms with Gasteiger partial charge in [0.1, 0.15) is 0 Å². The molecule has 0 fully saturated rings. The second-order valence-electron chi connectivity index (χ2n) is 3.79. The first-order chi connectivity index (χ1) is 6.75. The van der Waals surface area contributed by atoms with Crippen molar-refractivity contribution < 1.29 is 34.1 Å². The molecule has 0 aromatic heterocycles. The van der Waals surface area contributed by atoms with E-state index in [-0.39, 0.29) is 0 Å². The number of rotatable bonds is 3. The van der Waals surface area contributed by atoms with Crippen molar-refractivity contribution in [3.8, 4) is 5.75 Å². The molecular formula is C11H12HgO2. The molecule has 2 nitrogen and oxygen atoms in total. The van der Waals surface area contributed by atoms with Gasteiger partial charge in [0.25, 0.3) is 0 Å². The molecule has 14 heavy (non-hydrogen) atoms. The Morgan fingerprint density at radius 2 is 2.36 bits per heavy atom. The van der Waals surface area contributed by atoms with Crippen LogP contribution in [0.15, 0.2) is 24.3 Å². The van der Waals surface area contributed by atoms with Crippen LogP contribution in [0, 0.1) is 0 Å². The summed E-state index contributed by atoms with van der Waals surface area (Å²) in [5, 5.41) is 0. The van der Waals surface area contributed by atoms with Crippen molar-refractivity contribution in [1.29, 1.82) is 0 Å². The molecule has 0 aliphatic carbocycles. The molecule has 0 bridgehead atoms. The first-order valence-electron chi connectivity index (χ1n) is 4.99. The van der Waals surface area contributed by atoms with Crippen molar-refractivity contribution in [3.05, 3.63) is 29.8 Å². The molecule has 1 aromatic carbocycles. The van der Waals surface area contributed by atoms with Crippen molar-refractivity contribution in [1.82, 2.24) is 0 Å². The fraction of sp³-hybridized carbons (Fsp3) is 0.364. The van der Waals surface area contributed by atoms with E-state index in [9.17, 15) is 4.79 Å². The Bertz CT molecular complexity index is 324. The minimum atomic E-state index is -1.27. The molecule has 0 saturated heterocycles. The molecule has 70 valence electrons. The van der Waals surface area contributed by atoms with Crippen molar-refractivity contribution in [2.45, 2.75) is 23.4 Å². The van der Waals surface area contributed by atoms with Gasteiger partial charge in [-0.25, -0.2) is 0 Å². The summed E-state index contributed by atoms with van der Waals surface area (Å²) in [5.74, 6) is 1.02. The molecule has 3 heteroatoms. The number of hydrogen-bond donors (Lipinski definition) is 0. The normalized spacial score (nSPS) is 18.2. The predicted octanol–water partition coefficient (Wildman–Crippen LogP) is 2.04. The third-order valence-electron chi connectivity index (χ3n) is 2.53. The topological polar surface area (TPSA) is 26.3 Å². The van der Waals surface area contributed by atoms with E-state index in [0.717, 1.165) is 16.1 Å². The molecule has 1 aliphatic rings. The van der Waals surface area contributed by atoms with E-state index < -0.39 is 24.6 Å². The zero-order valence-electron chi connectivity index (χ0n) is 8.32. The van der Waals surface area contributed by atoms with E-state index in [1.807, 2.05) is 18.2 Å². The summed E-state index contributed by atoms with van der Waals surface area (Å²) in [6, 6.07) is 8.16. The van der Waals surface area contributed by atoms with Gasteiger partial charge in [-0.05, 0) is 0 Å². The van der Waals surface area contributed by atoms with Crippen LogP contribution in [-0.4, -0.2) is 9.40 Å². The van der Waals surface area contributed by atoms with Crippen LogP contribution in [0.5, 0.6) is 5.75 Å². The quantitative estimate of drug-likeness (QED) is 0.755. The third kappa shape index (κ3) is 2.35. The number of benzene rings is 1. The van der Waals surface area contributed by atoms with Gasteiger partial charge < -0.3 is 0 Å². The molecular weight excluding hydrogens is 365 g/mol. The van der Waals surface area contributed by atoms with Crippen LogP contribution in [0.25, 0.3) is 0 Å². The zero-order chi connectivity index (χ0) is 9.97. The van der Waals surface area contributed by atoms with E-state index in [4.69, 9.17) is 4.74 Å². The molecule has 1 atom stereocenters. The molecule has 0 radical (unpaired) electrons. The average Bonchev–Trinajstić information content (AvgIpc) is 2.57. The Labute approximate surface area is 96.1 Å². The summed E-state index contributed by atoms with van der Waals surface area (Å²) in [5.41, 5.74) is 1.30. The molecule has 1 heterocycles. The first kappa shape index (κ1) is 10.2. The average molecular weight is 377 g/mol. The van der Waals surface area contributed by atoms with Gasteiger partial charge in [0.15, 0.2) is 0 Å². The number of ether oxygens (including phenoxy) is 1. The fourth-order valence-electron chi connectivity index (χ4n) is 1.78. The molecule has 0 saturated carbocycles. The summed E-state index contributed by atoms with van der Waals surface area (Å²) in [7, 11) is 0. The van der Waals surface area contributed by atoms with Gasteiger partial charge in [0.2, 0.25) is 0 Å². The van der Waals surface area contributed by atoms with E-state index in [2.05, 4.69) is 6.07 Å². The number of hydrogen-bond acceptors (Lipinski definition) is 2. The van der Waals surface area contributed by atoms with Gasteiger partial charge >= 0.3 is 96.4 Å². The summed E-state index contributed by atoms with van der Waals surface area (Å²) in [6.45, 7) is 1.73. The molecule has 2 rings (SSSR count). The Morgan fingerprint density at radius 1 is 1.57 bits per heavy atom. The van der Waals surface area contributed by atoms with Crippen molar-refractivity contribution in [2.75, 3.05) is 0 Å². The van der Waals surface area contributed by atoms with Crippen LogP contribution in [-0.2, 0) is 35.8 Å². The van der Waals surface area contributed by atoms with Gasteiger partial charge in [-0.3, -0.25) is 0 Å². The van der Waals surface area contributed by atoms with Gasteiger partial charge in [-0.2, -0.15) is 0 Å². The maximum atomic E-state index is 10.9. The van der Waals surface area contributed by atoms with Gasteiger partial charge in [0, 0.05) is 0 Å². The fourth-order valence-corrected chi connectivity index (χ4v) is 5.86. The Kier molecular flexibility index (Phi) is 3.21. The summed E-state index contributed by atoms with van der Waals surface area (Å²) in [6.07, 6.45) is 1.31. The Balaban J connectivity index is 1.95. The third-order valence-corrected chi connectivity index (χ3v) is 8.90. The maximum absolute atomic E-state index is 10.9. The second kappa shape index (κ2) is 4.43. The second-order valence-corrected chi connectivity index (χ2v) is 11.9. The molecule has 0 amide bonds. The molecule has 0 spiro atoms. The van der Waals surface area contributed by atoms with Crippen molar-refractivity contribution in [3.63, 3.8) is 0 Å². The molecule has 0 N–H and O–H groups in total. The van der Waals surface area contributed by atoms with E-state index >= 15 is 0 Å². The standard InChI is InChI=1S/C9H9O.C2H3O.Hg/c1-7-6-8-4-2-3-5-9(8)10-7;1-2-3;/h2-5,7H,1,6H2;1H3;. The van der Waals surface area contributed by atoms with Crippen molar-refractivity contribution in [2.24, 2.45) is 0 Å². The number of carbonyl (C=O) groups is 1. The van der Waals surface area contributed by atoms with Crippen LogP contribution in [0.4, 0.5) is 0 Å². The Hall–Kier alpha value is -0.375. The van der Waals surface area contributed by atoms with Crippen LogP contribution >= 0.6 is 0 Å². The molecule has 1 aromatic rings. The van der Waals surface area contributed by atoms with E-state index in [1.165, 1.54) is 5.56 Å². The predicted molar refractivity (Wildman–Crippen MR) is 50.1 cm³/mol.